The SMILES string of the molecule is C[Si]1(C)c2ccccc2-c2cc(-c3ccc4c(c3)c3ccccc3n4-c3nc(-c4ccccc4)cc(-c4ccccc4)n3)ccc21.O=P1(c2ccccc2)c2ccccc2-c2cc(-c3ccc4c(c3)c3ccccc3n4-c3nc(-c4ccccc4)cc(-c4ccccc4)n3)ccc21.c1ccc(-c2ccc3c(c2)Cc2cc(-n4c5ccc(-c6ccc7oc8ccccc8c7c6)cc5c5c6ccccc6ccc54)ccc2-3)nc1. The quantitative estimate of drug-likeness (QED) is 0.0885. The van der Waals surface area contributed by atoms with Crippen molar-refractivity contribution in [3.8, 4) is 141 Å². The van der Waals surface area contributed by atoms with E-state index in [9.17, 15) is 4.57 Å². The second kappa shape index (κ2) is 34.5. The van der Waals surface area contributed by atoms with Gasteiger partial charge < -0.3 is 13.5 Å². The van der Waals surface area contributed by atoms with E-state index in [4.69, 9.17) is 24.4 Å². The van der Waals surface area contributed by atoms with Crippen LogP contribution in [0.1, 0.15) is 11.1 Å². The average molecular weight is 1900 g/mol. The van der Waals surface area contributed by atoms with Gasteiger partial charge in [0.2, 0.25) is 11.9 Å². The first-order valence-electron chi connectivity index (χ1n) is 49.8. The summed E-state index contributed by atoms with van der Waals surface area (Å²) in [6.45, 7) is 4.94. The van der Waals surface area contributed by atoms with Crippen molar-refractivity contribution in [3.63, 3.8) is 0 Å². The molecule has 686 valence electrons. The molecule has 0 N–H and O–H groups in total. The maximum absolute atomic E-state index is 15.0. The minimum atomic E-state index is -2.99. The van der Waals surface area contributed by atoms with Gasteiger partial charge in [0, 0.05) is 98.7 Å². The van der Waals surface area contributed by atoms with Crippen LogP contribution in [0.2, 0.25) is 13.1 Å². The number of aromatic nitrogens is 8. The van der Waals surface area contributed by atoms with E-state index in [0.29, 0.717) is 11.9 Å². The van der Waals surface area contributed by atoms with E-state index in [-0.39, 0.29) is 0 Å². The van der Waals surface area contributed by atoms with Crippen LogP contribution in [0.3, 0.4) is 0 Å². The summed E-state index contributed by atoms with van der Waals surface area (Å²) in [6.07, 6.45) is 2.77. The van der Waals surface area contributed by atoms with E-state index in [1.54, 1.807) is 0 Å². The third-order valence-electron chi connectivity index (χ3n) is 30.1. The molecule has 3 aliphatic rings. The highest BCUT2D eigenvalue weighted by Crippen LogP contribution is 2.54. The Labute approximate surface area is 843 Å². The molecule has 1 aliphatic carbocycles. The van der Waals surface area contributed by atoms with Crippen LogP contribution in [0, 0.1) is 0 Å². The number of furan rings is 1. The van der Waals surface area contributed by atoms with E-state index in [1.807, 2.05) is 128 Å². The molecule has 146 heavy (non-hydrogen) atoms. The molecule has 20 aromatic carbocycles. The van der Waals surface area contributed by atoms with Crippen LogP contribution in [0.5, 0.6) is 0 Å². The van der Waals surface area contributed by atoms with Gasteiger partial charge in [-0.15, -0.1) is 0 Å². The first-order chi connectivity index (χ1) is 72.0. The van der Waals surface area contributed by atoms with Gasteiger partial charge in [-0.1, -0.05) is 365 Å². The van der Waals surface area contributed by atoms with Gasteiger partial charge >= 0.3 is 0 Å². The third-order valence-corrected chi connectivity index (χ3v) is 36.9. The zero-order valence-electron chi connectivity index (χ0n) is 79.8. The van der Waals surface area contributed by atoms with Crippen LogP contribution < -0.4 is 26.3 Å². The first-order valence-corrected chi connectivity index (χ1v) is 54.5. The Balaban J connectivity index is 0.000000106. The van der Waals surface area contributed by atoms with Gasteiger partial charge in [-0.3, -0.25) is 14.1 Å². The fraction of sp³-hybridized carbons (Fsp3) is 0.0224. The summed E-state index contributed by atoms with van der Waals surface area (Å²) in [7, 11) is -4.68. The Morgan fingerprint density at radius 1 is 0.253 bits per heavy atom. The molecule has 12 heteroatoms. The summed E-state index contributed by atoms with van der Waals surface area (Å²) in [5.74, 6) is 1.29. The molecule has 0 radical (unpaired) electrons. The molecule has 9 heterocycles. The van der Waals surface area contributed by atoms with Crippen molar-refractivity contribution in [2.24, 2.45) is 0 Å². The molecule has 10 nitrogen and oxygen atoms in total. The molecular formula is C134H89N8O2PSi. The summed E-state index contributed by atoms with van der Waals surface area (Å²) in [5.41, 5.74) is 36.9. The molecule has 7 aromatic heterocycles. The zero-order valence-corrected chi connectivity index (χ0v) is 81.7. The Bertz CT molecular complexity index is 9940. The van der Waals surface area contributed by atoms with Gasteiger partial charge in [-0.2, -0.15) is 0 Å². The number of benzene rings is 20. The minimum Gasteiger partial charge on any atom is -0.456 e. The first kappa shape index (κ1) is 85.6. The molecule has 30 rings (SSSR count). The van der Waals surface area contributed by atoms with Crippen molar-refractivity contribution in [3.05, 3.63) is 503 Å². The third kappa shape index (κ3) is 14.2. The number of fused-ring (bicyclic) bond motifs is 23. The van der Waals surface area contributed by atoms with Crippen LogP contribution in [-0.2, 0) is 11.0 Å². The summed E-state index contributed by atoms with van der Waals surface area (Å²) in [4.78, 5) is 25.3. The van der Waals surface area contributed by atoms with Gasteiger partial charge in [0.1, 0.15) is 19.2 Å². The standard InChI is InChI=1S/C46H30N3OP.C46H28N2O.C42H31N3Si/c50-51(35-18-8-3-9-19-35)44-23-13-11-21-37(44)39-29-34(25-27-45(39)51)33-24-26-43-38(28-33)36-20-10-12-22-42(36)49(43)46-47-40(31-14-4-1-5-15-31)30-41(48-46)32-16-6-2-7-17-32;1-2-8-37-28(7-1)13-20-43-46(37)40-27-29(30-15-21-45-39(26-30)38-9-3-4-11-44(38)49-45)14-19-42(40)48(43)34-16-18-36-33(25-34)24-32-23-31(12-17-35(32)36)41-10-5-6-22-47-41;1-46(2)40-20-12-10-18-33(40)35-26-31(22-24-41(35)46)30-21-23-39-34(25-30)32-17-9-11-19-38(32)45(39)42-43-36(28-13-5-3-6-14-28)27-37(44-42)29-15-7-4-8-16-29/h1-30H;1-23,25-27H,24H2;3-27H,1-2H3. The predicted octanol–water partition coefficient (Wildman–Crippen LogP) is 31.7. The average Bonchev–Trinajstić information content (AvgIpc) is 1.55. The lowest BCUT2D eigenvalue weighted by Gasteiger charge is -2.18. The highest BCUT2D eigenvalue weighted by Gasteiger charge is 2.41. The maximum atomic E-state index is 15.0. The van der Waals surface area contributed by atoms with Crippen molar-refractivity contribution in [2.45, 2.75) is 19.5 Å². The second-order valence-corrected chi connectivity index (χ2v) is 45.8. The van der Waals surface area contributed by atoms with Gasteiger partial charge in [0.25, 0.3) is 0 Å². The zero-order chi connectivity index (χ0) is 96.8. The van der Waals surface area contributed by atoms with Gasteiger partial charge in [-0.25, -0.2) is 19.9 Å². The number of rotatable bonds is 12. The molecular weight excluding hydrogens is 1810 g/mol. The van der Waals surface area contributed by atoms with E-state index >= 15 is 0 Å². The second-order valence-electron chi connectivity index (χ2n) is 38.8. The molecule has 0 amide bonds. The normalized spacial score (nSPS) is 13.5. The smallest absolute Gasteiger partial charge is 0.235 e. The van der Waals surface area contributed by atoms with Gasteiger partial charge in [-0.05, 0) is 239 Å². The largest absolute Gasteiger partial charge is 0.456 e. The van der Waals surface area contributed by atoms with Crippen molar-refractivity contribution >= 4 is 140 Å². The molecule has 1 unspecified atom stereocenters. The van der Waals surface area contributed by atoms with Crippen molar-refractivity contribution in [1.29, 1.82) is 0 Å². The minimum absolute atomic E-state index is 0.625. The van der Waals surface area contributed by atoms with E-state index < -0.39 is 15.2 Å². The fourth-order valence-corrected chi connectivity index (χ4v) is 29.3. The Morgan fingerprint density at radius 2 is 0.678 bits per heavy atom. The number of para-hydroxylation sites is 3. The number of hydrogen-bond acceptors (Lipinski definition) is 7. The summed E-state index contributed by atoms with van der Waals surface area (Å²) in [6, 6.07) is 172. The Morgan fingerprint density at radius 3 is 1.28 bits per heavy atom. The summed E-state index contributed by atoms with van der Waals surface area (Å²) >= 11 is 0. The molecule has 0 saturated carbocycles. The fourth-order valence-electron chi connectivity index (χ4n) is 23.1. The summed E-state index contributed by atoms with van der Waals surface area (Å²) < 4.78 is 28.0. The number of nitrogens with zero attached hydrogens (tertiary/aromatic N) is 8. The molecule has 0 fully saturated rings. The lowest BCUT2D eigenvalue weighted by Crippen LogP contribution is -2.49. The van der Waals surface area contributed by atoms with Crippen LogP contribution in [0.4, 0.5) is 0 Å². The molecule has 0 spiro atoms. The van der Waals surface area contributed by atoms with Crippen molar-refractivity contribution in [1.82, 2.24) is 38.6 Å². The van der Waals surface area contributed by atoms with Crippen LogP contribution in [0.15, 0.2) is 496 Å². The van der Waals surface area contributed by atoms with E-state index in [1.165, 1.54) is 115 Å². The molecule has 0 bridgehead atoms. The van der Waals surface area contributed by atoms with Crippen LogP contribution >= 0.6 is 7.14 Å². The molecule has 0 saturated heterocycles. The van der Waals surface area contributed by atoms with Crippen LogP contribution in [-0.4, -0.2) is 46.7 Å². The van der Waals surface area contributed by atoms with Crippen molar-refractivity contribution < 1.29 is 8.98 Å². The Hall–Kier alpha value is -18.4. The molecule has 2 aliphatic heterocycles. The number of hydrogen-bond donors (Lipinski definition) is 0. The predicted molar refractivity (Wildman–Crippen MR) is 608 cm³/mol. The monoisotopic (exact) mass is 1900 g/mol. The van der Waals surface area contributed by atoms with Gasteiger partial charge in [0.15, 0.2) is 7.14 Å². The lowest BCUT2D eigenvalue weighted by molar-refractivity contribution is 0.593. The highest BCUT2D eigenvalue weighted by molar-refractivity contribution is 7.86. The molecule has 1 atom stereocenters. The maximum Gasteiger partial charge on any atom is 0.235 e. The van der Waals surface area contributed by atoms with E-state index in [0.717, 1.165) is 156 Å². The lowest BCUT2D eigenvalue weighted by atomic mass is 9.98. The summed E-state index contributed by atoms with van der Waals surface area (Å²) in [5, 5.41) is 17.7. The Kier molecular flexibility index (Phi) is 20.2. The van der Waals surface area contributed by atoms with Crippen molar-refractivity contribution in [2.75, 3.05) is 0 Å². The van der Waals surface area contributed by atoms with E-state index in [2.05, 4.69) is 396 Å². The van der Waals surface area contributed by atoms with Crippen LogP contribution in [0.25, 0.3) is 239 Å². The molecule has 27 aromatic rings. The topological polar surface area (TPSA) is 109 Å². The number of pyridine rings is 1. The highest BCUT2D eigenvalue weighted by atomic mass is 31.2. The van der Waals surface area contributed by atoms with Gasteiger partial charge in [0.05, 0.1) is 61.6 Å².